The molecule has 0 saturated carbocycles. The van der Waals surface area contributed by atoms with E-state index in [2.05, 4.69) is 164 Å². The van der Waals surface area contributed by atoms with Crippen molar-refractivity contribution in [3.05, 3.63) is 157 Å². The molecule has 0 aliphatic carbocycles. The second kappa shape index (κ2) is 9.90. The van der Waals surface area contributed by atoms with Gasteiger partial charge in [-0.05, 0) is 97.0 Å². The highest BCUT2D eigenvalue weighted by Gasteiger charge is 2.23. The van der Waals surface area contributed by atoms with Crippen molar-refractivity contribution < 1.29 is 0 Å². The molecule has 1 aromatic heterocycles. The van der Waals surface area contributed by atoms with E-state index < -0.39 is 0 Å². The van der Waals surface area contributed by atoms with Gasteiger partial charge in [0.15, 0.2) is 0 Å². The van der Waals surface area contributed by atoms with E-state index in [0.717, 1.165) is 17.1 Å². The first kappa shape index (κ1) is 25.7. The van der Waals surface area contributed by atoms with Gasteiger partial charge in [-0.2, -0.15) is 5.10 Å². The largest absolute Gasteiger partial charge is 0.237 e. The molecule has 0 atom stereocenters. The summed E-state index contributed by atoms with van der Waals surface area (Å²) < 4.78 is 2.12. The lowest BCUT2D eigenvalue weighted by Gasteiger charge is -2.20. The molecule has 0 aliphatic rings. The van der Waals surface area contributed by atoms with Crippen molar-refractivity contribution >= 4 is 53.9 Å². The minimum atomic E-state index is 1.03. The Labute approximate surface area is 261 Å². The van der Waals surface area contributed by atoms with Gasteiger partial charge in [0, 0.05) is 16.8 Å². The number of nitrogens with zero attached hydrogens (tertiary/aromatic N) is 2. The quantitative estimate of drug-likeness (QED) is 0.152. The van der Waals surface area contributed by atoms with Crippen molar-refractivity contribution in [3.63, 3.8) is 0 Å². The summed E-state index contributed by atoms with van der Waals surface area (Å²) in [6.07, 6.45) is 0. The molecule has 1 heterocycles. The Balaban J connectivity index is 1.38. The highest BCUT2D eigenvalue weighted by Crippen LogP contribution is 2.47. The molecule has 0 spiro atoms. The summed E-state index contributed by atoms with van der Waals surface area (Å²) in [7, 11) is 0. The van der Waals surface area contributed by atoms with Gasteiger partial charge in [0.1, 0.15) is 0 Å². The molecular weight excluding hydrogens is 544 g/mol. The third-order valence-electron chi connectivity index (χ3n) is 9.49. The van der Waals surface area contributed by atoms with E-state index in [0.29, 0.717) is 0 Å². The molecular formula is C43H30N2. The van der Waals surface area contributed by atoms with Crippen LogP contribution in [0.3, 0.4) is 0 Å². The van der Waals surface area contributed by atoms with E-state index >= 15 is 0 Å². The summed E-state index contributed by atoms with van der Waals surface area (Å²) in [5.41, 5.74) is 8.24. The van der Waals surface area contributed by atoms with Crippen LogP contribution in [0, 0.1) is 13.8 Å². The summed E-state index contributed by atoms with van der Waals surface area (Å²) in [5.74, 6) is 0. The number of aromatic nitrogens is 2. The normalized spacial score (nSPS) is 11.8. The Morgan fingerprint density at radius 1 is 0.400 bits per heavy atom. The van der Waals surface area contributed by atoms with Crippen LogP contribution in [0.15, 0.2) is 146 Å². The van der Waals surface area contributed by atoms with E-state index in [1.807, 2.05) is 0 Å². The summed E-state index contributed by atoms with van der Waals surface area (Å²) >= 11 is 0. The van der Waals surface area contributed by atoms with Crippen molar-refractivity contribution in [2.75, 3.05) is 0 Å². The molecule has 0 radical (unpaired) electrons. The standard InChI is InChI=1S/C43H30N2/c1-27-41(28(2)45(44-27)32-24-23-29-13-3-4-14-30(29)25-32)43-38-21-11-9-19-36(38)42(37-20-10-12-22-39(37)43)40-26-31-15-5-6-16-33(31)34-17-7-8-18-35(34)40/h3-26H,1-2H3. The average Bonchev–Trinajstić information content (AvgIpc) is 3.39. The molecule has 8 aromatic carbocycles. The van der Waals surface area contributed by atoms with Gasteiger partial charge in [-0.25, -0.2) is 4.68 Å². The number of hydrogen-bond acceptors (Lipinski definition) is 1. The topological polar surface area (TPSA) is 17.8 Å². The summed E-state index contributed by atoms with van der Waals surface area (Å²) in [6, 6.07) is 52.9. The van der Waals surface area contributed by atoms with Crippen LogP contribution in [0.4, 0.5) is 0 Å². The van der Waals surface area contributed by atoms with Crippen LogP contribution < -0.4 is 0 Å². The fraction of sp³-hybridized carbons (Fsp3) is 0.0465. The maximum Gasteiger partial charge on any atom is 0.0679 e. The van der Waals surface area contributed by atoms with Gasteiger partial charge in [-0.1, -0.05) is 127 Å². The average molecular weight is 575 g/mol. The molecule has 0 bridgehead atoms. The van der Waals surface area contributed by atoms with E-state index in [-0.39, 0.29) is 0 Å². The van der Waals surface area contributed by atoms with E-state index in [9.17, 15) is 0 Å². The van der Waals surface area contributed by atoms with Gasteiger partial charge >= 0.3 is 0 Å². The minimum Gasteiger partial charge on any atom is -0.237 e. The number of benzene rings is 8. The molecule has 2 nitrogen and oxygen atoms in total. The summed E-state index contributed by atoms with van der Waals surface area (Å²) in [5, 5.41) is 17.7. The molecule has 0 unspecified atom stereocenters. The van der Waals surface area contributed by atoms with Crippen LogP contribution in [0.25, 0.3) is 81.8 Å². The fourth-order valence-corrected chi connectivity index (χ4v) is 7.51. The monoisotopic (exact) mass is 574 g/mol. The molecule has 45 heavy (non-hydrogen) atoms. The minimum absolute atomic E-state index is 1.03. The SMILES string of the molecule is Cc1nn(-c2ccc3ccccc3c2)c(C)c1-c1c2ccccc2c(-c2cc3ccccc3c3ccccc23)c2ccccc12. The zero-order valence-corrected chi connectivity index (χ0v) is 25.3. The van der Waals surface area contributed by atoms with Gasteiger partial charge in [0.05, 0.1) is 11.4 Å². The summed E-state index contributed by atoms with van der Waals surface area (Å²) in [6.45, 7) is 4.35. The number of fused-ring (bicyclic) bond motifs is 6. The second-order valence-electron chi connectivity index (χ2n) is 12.0. The first-order valence-corrected chi connectivity index (χ1v) is 15.6. The molecule has 0 amide bonds. The van der Waals surface area contributed by atoms with Crippen molar-refractivity contribution in [1.29, 1.82) is 0 Å². The predicted molar refractivity (Wildman–Crippen MR) is 191 cm³/mol. The van der Waals surface area contributed by atoms with E-state index in [4.69, 9.17) is 5.10 Å². The van der Waals surface area contributed by atoms with Crippen LogP contribution in [0.2, 0.25) is 0 Å². The molecule has 0 fully saturated rings. The predicted octanol–water partition coefficient (Wildman–Crippen LogP) is 11.6. The molecule has 2 heteroatoms. The lowest BCUT2D eigenvalue weighted by Crippen LogP contribution is -1.99. The Hall–Kier alpha value is -5.73. The Morgan fingerprint density at radius 2 is 0.911 bits per heavy atom. The molecule has 0 aliphatic heterocycles. The lowest BCUT2D eigenvalue weighted by molar-refractivity contribution is 0.835. The molecule has 9 aromatic rings. The maximum absolute atomic E-state index is 5.15. The van der Waals surface area contributed by atoms with Gasteiger partial charge in [0.25, 0.3) is 0 Å². The zero-order chi connectivity index (χ0) is 30.1. The Kier molecular flexibility index (Phi) is 5.66. The number of aryl methyl sites for hydroxylation is 1. The lowest BCUT2D eigenvalue weighted by atomic mass is 9.83. The second-order valence-corrected chi connectivity index (χ2v) is 12.0. The Bertz CT molecular complexity index is 2560. The van der Waals surface area contributed by atoms with Crippen molar-refractivity contribution in [1.82, 2.24) is 9.78 Å². The molecule has 9 rings (SSSR count). The Morgan fingerprint density at radius 3 is 1.58 bits per heavy atom. The maximum atomic E-state index is 5.15. The van der Waals surface area contributed by atoms with Crippen molar-refractivity contribution in [2.24, 2.45) is 0 Å². The van der Waals surface area contributed by atoms with Crippen LogP contribution >= 0.6 is 0 Å². The van der Waals surface area contributed by atoms with Crippen LogP contribution in [0.5, 0.6) is 0 Å². The smallest absolute Gasteiger partial charge is 0.0679 e. The highest BCUT2D eigenvalue weighted by atomic mass is 15.3. The molecule has 0 N–H and O–H groups in total. The van der Waals surface area contributed by atoms with E-state index in [1.165, 1.54) is 76.1 Å². The first-order chi connectivity index (χ1) is 22.2. The van der Waals surface area contributed by atoms with Crippen molar-refractivity contribution in [3.8, 4) is 27.9 Å². The fourth-order valence-electron chi connectivity index (χ4n) is 7.51. The first-order valence-electron chi connectivity index (χ1n) is 15.6. The third-order valence-corrected chi connectivity index (χ3v) is 9.49. The van der Waals surface area contributed by atoms with Gasteiger partial charge < -0.3 is 0 Å². The van der Waals surface area contributed by atoms with Crippen molar-refractivity contribution in [2.45, 2.75) is 13.8 Å². The van der Waals surface area contributed by atoms with E-state index in [1.54, 1.807) is 0 Å². The number of rotatable bonds is 3. The van der Waals surface area contributed by atoms with Crippen LogP contribution in [-0.2, 0) is 0 Å². The molecule has 0 saturated heterocycles. The zero-order valence-electron chi connectivity index (χ0n) is 25.3. The van der Waals surface area contributed by atoms with Gasteiger partial charge in [-0.15, -0.1) is 0 Å². The highest BCUT2D eigenvalue weighted by molar-refractivity contribution is 6.26. The van der Waals surface area contributed by atoms with Gasteiger partial charge in [-0.3, -0.25) is 0 Å². The van der Waals surface area contributed by atoms with Crippen LogP contribution in [-0.4, -0.2) is 9.78 Å². The van der Waals surface area contributed by atoms with Crippen LogP contribution in [0.1, 0.15) is 11.4 Å². The summed E-state index contributed by atoms with van der Waals surface area (Å²) in [4.78, 5) is 0. The third kappa shape index (κ3) is 3.86. The number of hydrogen-bond donors (Lipinski definition) is 0. The molecule has 212 valence electrons. The van der Waals surface area contributed by atoms with Gasteiger partial charge in [0.2, 0.25) is 0 Å².